The van der Waals surface area contributed by atoms with E-state index in [1.54, 1.807) is 23.5 Å². The number of benzene rings is 1. The summed E-state index contributed by atoms with van der Waals surface area (Å²) in [5.41, 5.74) is 1.82. The molecule has 0 unspecified atom stereocenters. The van der Waals surface area contributed by atoms with Crippen LogP contribution in [0.25, 0.3) is 10.2 Å². The number of para-hydroxylation sites is 1. The topological polar surface area (TPSA) is 76.9 Å². The van der Waals surface area contributed by atoms with Crippen molar-refractivity contribution < 1.29 is 4.79 Å². The molecule has 1 atom stereocenters. The van der Waals surface area contributed by atoms with Gasteiger partial charge in [0.25, 0.3) is 5.56 Å². The fourth-order valence-corrected chi connectivity index (χ4v) is 5.06. The van der Waals surface area contributed by atoms with Gasteiger partial charge in [-0.05, 0) is 48.3 Å². The fraction of sp³-hybridized carbons (Fsp3) is 0.429. The van der Waals surface area contributed by atoms with Gasteiger partial charge in [-0.3, -0.25) is 9.59 Å². The second-order valence-electron chi connectivity index (χ2n) is 8.46. The second-order valence-corrected chi connectivity index (χ2v) is 9.54. The molecule has 0 saturated carbocycles. The number of hydrogen-bond donors (Lipinski definition) is 1. The van der Waals surface area contributed by atoms with Gasteiger partial charge in [0.2, 0.25) is 5.91 Å². The van der Waals surface area contributed by atoms with E-state index in [1.807, 2.05) is 18.2 Å². The molecule has 1 aromatic carbocycles. The molecule has 6 nitrogen and oxygen atoms in total. The molecule has 2 aromatic heterocycles. The highest BCUT2D eigenvalue weighted by Crippen LogP contribution is 2.41. The molecule has 1 amide bonds. The predicted molar refractivity (Wildman–Crippen MR) is 112 cm³/mol. The van der Waals surface area contributed by atoms with Gasteiger partial charge in [0, 0.05) is 10.6 Å². The number of nitrogens with one attached hydrogen (secondary N) is 1. The minimum absolute atomic E-state index is 0.147. The maximum Gasteiger partial charge on any atom is 0.279 e. The number of carbonyl (C=O) groups excluding carboxylic acids is 1. The molecule has 28 heavy (non-hydrogen) atoms. The molecule has 4 rings (SSSR count). The zero-order valence-corrected chi connectivity index (χ0v) is 17.2. The third kappa shape index (κ3) is 3.58. The maximum atomic E-state index is 13.0. The summed E-state index contributed by atoms with van der Waals surface area (Å²) in [4.78, 5) is 27.3. The number of thiophene rings is 1. The smallest absolute Gasteiger partial charge is 0.279 e. The van der Waals surface area contributed by atoms with Gasteiger partial charge in [-0.15, -0.1) is 16.4 Å². The van der Waals surface area contributed by atoms with Crippen molar-refractivity contribution in [3.8, 4) is 0 Å². The van der Waals surface area contributed by atoms with Crippen molar-refractivity contribution >= 4 is 33.1 Å². The molecule has 0 radical (unpaired) electrons. The van der Waals surface area contributed by atoms with Crippen molar-refractivity contribution in [1.82, 2.24) is 15.0 Å². The van der Waals surface area contributed by atoms with E-state index >= 15 is 0 Å². The van der Waals surface area contributed by atoms with Gasteiger partial charge in [-0.25, -0.2) is 4.68 Å². The number of carbonyl (C=O) groups is 1. The molecule has 0 bridgehead atoms. The molecule has 7 heteroatoms. The zero-order chi connectivity index (χ0) is 19.9. The highest BCUT2D eigenvalue weighted by Gasteiger charge is 2.32. The molecular weight excluding hydrogens is 372 g/mol. The summed E-state index contributed by atoms with van der Waals surface area (Å²) in [6.45, 7) is 6.67. The van der Waals surface area contributed by atoms with Gasteiger partial charge in [0.05, 0.1) is 5.39 Å². The minimum Gasteiger partial charge on any atom is -0.324 e. The molecule has 2 heterocycles. The Kier molecular flexibility index (Phi) is 4.79. The molecule has 1 N–H and O–H groups in total. The number of aromatic nitrogens is 3. The molecule has 0 aliphatic heterocycles. The summed E-state index contributed by atoms with van der Waals surface area (Å²) in [6, 6.07) is 9.17. The quantitative estimate of drug-likeness (QED) is 0.733. The summed E-state index contributed by atoms with van der Waals surface area (Å²) in [6.07, 6.45) is 2.93. The highest BCUT2D eigenvalue weighted by atomic mass is 32.1. The Hall–Kier alpha value is -2.54. The summed E-state index contributed by atoms with van der Waals surface area (Å²) in [7, 11) is 0. The van der Waals surface area contributed by atoms with Crippen LogP contribution in [0.2, 0.25) is 0 Å². The van der Waals surface area contributed by atoms with Crippen molar-refractivity contribution in [2.45, 2.75) is 46.6 Å². The number of hydrogen-bond acceptors (Lipinski definition) is 5. The van der Waals surface area contributed by atoms with Crippen LogP contribution in [0, 0.1) is 11.3 Å². The lowest BCUT2D eigenvalue weighted by molar-refractivity contribution is -0.117. The van der Waals surface area contributed by atoms with E-state index in [4.69, 9.17) is 0 Å². The predicted octanol–water partition coefficient (Wildman–Crippen LogP) is 3.64. The number of fused-ring (bicyclic) bond motifs is 3. The molecule has 0 saturated heterocycles. The average Bonchev–Trinajstić information content (AvgIpc) is 3.02. The van der Waals surface area contributed by atoms with Gasteiger partial charge in [-0.1, -0.05) is 44.2 Å². The van der Waals surface area contributed by atoms with Gasteiger partial charge in [0.1, 0.15) is 6.54 Å². The number of rotatable bonds is 3. The first-order valence-corrected chi connectivity index (χ1v) is 10.4. The van der Waals surface area contributed by atoms with Crippen LogP contribution in [0.5, 0.6) is 0 Å². The first-order chi connectivity index (χ1) is 13.3. The molecule has 146 valence electrons. The number of nitrogens with zero attached hydrogens (tertiary/aromatic N) is 3. The van der Waals surface area contributed by atoms with Crippen molar-refractivity contribution in [2.75, 3.05) is 5.32 Å². The van der Waals surface area contributed by atoms with Gasteiger partial charge in [-0.2, -0.15) is 0 Å². The normalized spacial score (nSPS) is 16.8. The third-order valence-electron chi connectivity index (χ3n) is 5.51. The highest BCUT2D eigenvalue weighted by molar-refractivity contribution is 7.18. The van der Waals surface area contributed by atoms with Crippen LogP contribution in [0.15, 0.2) is 35.1 Å². The third-order valence-corrected chi connectivity index (χ3v) is 6.65. The SMILES string of the molecule is CC(C)(C)[C@H]1CCc2c(sc3nnn(CC(=O)Nc4ccccc4)c(=O)c23)C1. The van der Waals surface area contributed by atoms with Crippen LogP contribution >= 0.6 is 11.3 Å². The second kappa shape index (κ2) is 7.13. The number of anilines is 1. The van der Waals surface area contributed by atoms with E-state index in [0.29, 0.717) is 21.8 Å². The van der Waals surface area contributed by atoms with Crippen LogP contribution in [-0.2, 0) is 24.2 Å². The van der Waals surface area contributed by atoms with E-state index in [2.05, 4.69) is 36.4 Å². The Balaban J connectivity index is 1.61. The fourth-order valence-electron chi connectivity index (χ4n) is 3.83. The summed E-state index contributed by atoms with van der Waals surface area (Å²) >= 11 is 1.58. The first kappa shape index (κ1) is 18.8. The number of amides is 1. The standard InChI is InChI=1S/C21H24N4O2S/c1-21(2,3)13-9-10-15-16(11-13)28-19-18(15)20(27)25(24-23-19)12-17(26)22-14-7-5-4-6-8-14/h4-8,13H,9-12H2,1-3H3,(H,22,26)/t13-/m0/s1. The van der Waals surface area contributed by atoms with Crippen molar-refractivity contribution in [3.05, 3.63) is 51.1 Å². The van der Waals surface area contributed by atoms with Crippen LogP contribution < -0.4 is 10.9 Å². The molecule has 1 aliphatic rings. The zero-order valence-electron chi connectivity index (χ0n) is 16.4. The van der Waals surface area contributed by atoms with Crippen LogP contribution in [0.1, 0.15) is 37.6 Å². The first-order valence-electron chi connectivity index (χ1n) is 9.56. The molecule has 0 fully saturated rings. The van der Waals surface area contributed by atoms with Crippen LogP contribution in [-0.4, -0.2) is 20.9 Å². The molecule has 1 aliphatic carbocycles. The van der Waals surface area contributed by atoms with Gasteiger partial charge < -0.3 is 5.32 Å². The van der Waals surface area contributed by atoms with E-state index in [9.17, 15) is 9.59 Å². The maximum absolute atomic E-state index is 13.0. The van der Waals surface area contributed by atoms with Crippen molar-refractivity contribution in [3.63, 3.8) is 0 Å². The largest absolute Gasteiger partial charge is 0.324 e. The van der Waals surface area contributed by atoms with Crippen molar-refractivity contribution in [1.29, 1.82) is 0 Å². The molecule has 0 spiro atoms. The Morgan fingerprint density at radius 1 is 1.29 bits per heavy atom. The minimum atomic E-state index is -0.293. The Morgan fingerprint density at radius 3 is 2.75 bits per heavy atom. The van der Waals surface area contributed by atoms with Gasteiger partial charge in [0.15, 0.2) is 4.83 Å². The van der Waals surface area contributed by atoms with Crippen LogP contribution in [0.4, 0.5) is 5.69 Å². The lowest BCUT2D eigenvalue weighted by Gasteiger charge is -2.33. The Morgan fingerprint density at radius 2 is 2.04 bits per heavy atom. The lowest BCUT2D eigenvalue weighted by atomic mass is 9.72. The Labute approximate surface area is 167 Å². The molecular formula is C21H24N4O2S. The average molecular weight is 397 g/mol. The lowest BCUT2D eigenvalue weighted by Crippen LogP contribution is -2.31. The van der Waals surface area contributed by atoms with Crippen LogP contribution in [0.3, 0.4) is 0 Å². The summed E-state index contributed by atoms with van der Waals surface area (Å²) in [5.74, 6) is 0.304. The Bertz CT molecular complexity index is 1080. The molecule has 3 aromatic rings. The monoisotopic (exact) mass is 396 g/mol. The van der Waals surface area contributed by atoms with E-state index in [1.165, 1.54) is 9.56 Å². The van der Waals surface area contributed by atoms with E-state index in [0.717, 1.165) is 24.8 Å². The van der Waals surface area contributed by atoms with Crippen molar-refractivity contribution in [2.24, 2.45) is 11.3 Å². The van der Waals surface area contributed by atoms with E-state index in [-0.39, 0.29) is 23.4 Å². The number of aryl methyl sites for hydroxylation is 1. The summed E-state index contributed by atoms with van der Waals surface area (Å²) < 4.78 is 1.17. The summed E-state index contributed by atoms with van der Waals surface area (Å²) in [5, 5.41) is 11.7. The van der Waals surface area contributed by atoms with E-state index < -0.39 is 0 Å². The van der Waals surface area contributed by atoms with Gasteiger partial charge >= 0.3 is 0 Å².